The zero-order valence-electron chi connectivity index (χ0n) is 26.2. The fourth-order valence-corrected chi connectivity index (χ4v) is 6.16. The molecule has 5 aromatic rings. The first-order chi connectivity index (χ1) is 22.5. The lowest BCUT2D eigenvalue weighted by molar-refractivity contribution is -0.117. The van der Waals surface area contributed by atoms with Gasteiger partial charge in [-0.15, -0.1) is 11.6 Å². The number of aryl methyl sites for hydroxylation is 2. The molecule has 0 saturated carbocycles. The van der Waals surface area contributed by atoms with Gasteiger partial charge in [0.2, 0.25) is 5.84 Å². The van der Waals surface area contributed by atoms with Gasteiger partial charge in [0, 0.05) is 62.7 Å². The van der Waals surface area contributed by atoms with Crippen LogP contribution in [0.3, 0.4) is 0 Å². The van der Waals surface area contributed by atoms with Crippen LogP contribution in [0.4, 0.5) is 11.4 Å². The molecule has 2 aromatic carbocycles. The lowest BCUT2D eigenvalue weighted by atomic mass is 9.99. The molecule has 3 aromatic heterocycles. The lowest BCUT2D eigenvalue weighted by Gasteiger charge is -2.17. The summed E-state index contributed by atoms with van der Waals surface area (Å²) in [6.07, 6.45) is 3.63. The molecule has 0 radical (unpaired) electrons. The van der Waals surface area contributed by atoms with Crippen LogP contribution in [0.25, 0.3) is 10.9 Å². The smallest absolute Gasteiger partial charge is 0.278 e. The number of nitrogens with one attached hydrogen (secondary N) is 2. The Hall–Kier alpha value is -5.34. The van der Waals surface area contributed by atoms with E-state index >= 15 is 0 Å². The number of hydrogen-bond donors (Lipinski definition) is 5. The molecule has 0 aliphatic carbocycles. The molecule has 4 heterocycles. The van der Waals surface area contributed by atoms with Crippen LogP contribution in [0.5, 0.6) is 5.75 Å². The number of alkyl halides is 1. The second-order valence-corrected chi connectivity index (χ2v) is 11.8. The van der Waals surface area contributed by atoms with E-state index in [1.165, 1.54) is 21.7 Å². The summed E-state index contributed by atoms with van der Waals surface area (Å²) >= 11 is 6.41. The maximum atomic E-state index is 13.9. The number of carbonyl (C=O) groups is 3. The predicted molar refractivity (Wildman–Crippen MR) is 177 cm³/mol. The highest BCUT2D eigenvalue weighted by molar-refractivity contribution is 6.19. The number of fused-ring (bicyclic) bond motifs is 3. The van der Waals surface area contributed by atoms with Crippen LogP contribution < -0.4 is 39.1 Å². The average molecular weight is 694 g/mol. The van der Waals surface area contributed by atoms with Gasteiger partial charge >= 0.3 is 0 Å². The minimum atomic E-state index is -0.521. The van der Waals surface area contributed by atoms with Crippen LogP contribution in [-0.4, -0.2) is 71.8 Å². The Morgan fingerprint density at radius 2 is 1.85 bits per heavy atom. The summed E-state index contributed by atoms with van der Waals surface area (Å²) in [4.78, 5) is 41.2. The van der Waals surface area contributed by atoms with Gasteiger partial charge in [-0.05, 0) is 17.2 Å². The SMILES string of the molecule is Cn1cc(NC(=O)c2cc(C(=O)N3CC(CCl)c4c3cc(O)c3c4cnn3Cc3ccccc3)nn2C)cc1C(=O)NCCC(N)=[NH2+].[Cl-]. The summed E-state index contributed by atoms with van der Waals surface area (Å²) in [7, 11) is 3.24. The zero-order valence-corrected chi connectivity index (χ0v) is 27.7. The first kappa shape index (κ1) is 34.0. The third-order valence-corrected chi connectivity index (χ3v) is 8.53. The molecule has 1 aliphatic rings. The van der Waals surface area contributed by atoms with Gasteiger partial charge in [0.15, 0.2) is 5.69 Å². The van der Waals surface area contributed by atoms with E-state index in [2.05, 4.69) is 20.8 Å². The number of nitrogens with zero attached hydrogens (tertiary/aromatic N) is 6. The number of aromatic hydroxyl groups is 1. The molecule has 0 fully saturated rings. The third kappa shape index (κ3) is 6.44. The molecule has 0 bridgehead atoms. The maximum absolute atomic E-state index is 13.9. The zero-order chi connectivity index (χ0) is 33.4. The van der Waals surface area contributed by atoms with Crippen LogP contribution in [0.15, 0.2) is 60.9 Å². The summed E-state index contributed by atoms with van der Waals surface area (Å²) in [5.74, 6) is -1.09. The third-order valence-electron chi connectivity index (χ3n) is 8.16. The van der Waals surface area contributed by atoms with Crippen LogP contribution in [0.2, 0.25) is 0 Å². The Bertz CT molecular complexity index is 2030. The van der Waals surface area contributed by atoms with E-state index in [9.17, 15) is 19.5 Å². The number of amides is 3. The number of hydrogen-bond acceptors (Lipinski definition) is 6. The van der Waals surface area contributed by atoms with Gasteiger partial charge in [-0.2, -0.15) is 10.2 Å². The Morgan fingerprint density at radius 1 is 1.10 bits per heavy atom. The van der Waals surface area contributed by atoms with E-state index in [-0.39, 0.29) is 66.2 Å². The molecule has 14 nitrogen and oxygen atoms in total. The van der Waals surface area contributed by atoms with Crippen LogP contribution in [-0.2, 0) is 20.6 Å². The van der Waals surface area contributed by atoms with E-state index in [1.807, 2.05) is 30.3 Å². The average Bonchev–Trinajstić information content (AvgIpc) is 3.81. The summed E-state index contributed by atoms with van der Waals surface area (Å²) in [6, 6.07) is 14.3. The molecule has 0 spiro atoms. The molecule has 6 rings (SSSR count). The first-order valence-electron chi connectivity index (χ1n) is 14.9. The predicted octanol–water partition coefficient (Wildman–Crippen LogP) is -1.66. The lowest BCUT2D eigenvalue weighted by Crippen LogP contribution is -3.00. The number of phenolic OH excluding ortho intramolecular Hbond substituents is 1. The number of rotatable bonds is 10. The normalized spacial score (nSPS) is 13.6. The van der Waals surface area contributed by atoms with Gasteiger partial charge in [-0.1, -0.05) is 30.3 Å². The molecule has 16 heteroatoms. The van der Waals surface area contributed by atoms with Gasteiger partial charge in [0.1, 0.15) is 22.7 Å². The van der Waals surface area contributed by atoms with Crippen molar-refractivity contribution in [2.24, 2.45) is 19.8 Å². The molecular weight excluding hydrogens is 659 g/mol. The van der Waals surface area contributed by atoms with Crippen molar-refractivity contribution in [1.29, 1.82) is 0 Å². The van der Waals surface area contributed by atoms with Crippen molar-refractivity contribution >= 4 is 57.4 Å². The Balaban J connectivity index is 0.00000451. The fraction of sp³-hybridized carbons (Fsp3) is 0.250. The highest BCUT2D eigenvalue weighted by Gasteiger charge is 2.37. The number of anilines is 2. The summed E-state index contributed by atoms with van der Waals surface area (Å²) in [5.41, 5.74) is 9.26. The number of halogens is 2. The van der Waals surface area contributed by atoms with Crippen molar-refractivity contribution in [3.05, 3.63) is 89.1 Å². The standard InChI is InChI=1S/C32H33ClN10O4.ClH/c1-40-17-20(10-24(40)30(45)36-9-8-27(34)35)38-31(46)25-11-22(39-41(25)2)32(47)42-16-19(13-33)28-21-14-37-43(15-18-6-4-3-5-7-18)29(21)26(44)12-23(28)42;/h3-7,10-12,14,17,19,44H,8-9,13,15-16H2,1-2H3,(H3,34,35)(H,36,45)(H,38,46);1H. The van der Waals surface area contributed by atoms with Crippen molar-refractivity contribution in [2.75, 3.05) is 29.2 Å². The molecule has 1 atom stereocenters. The Morgan fingerprint density at radius 3 is 2.56 bits per heavy atom. The van der Waals surface area contributed by atoms with Crippen LogP contribution in [0.1, 0.15) is 54.9 Å². The number of benzene rings is 2. The number of nitrogens with two attached hydrogens (primary N) is 2. The van der Waals surface area contributed by atoms with Gasteiger partial charge in [0.25, 0.3) is 17.7 Å². The molecule has 0 saturated heterocycles. The van der Waals surface area contributed by atoms with E-state index in [0.29, 0.717) is 35.6 Å². The molecule has 3 amide bonds. The summed E-state index contributed by atoms with van der Waals surface area (Å²) < 4.78 is 4.63. The Labute approximate surface area is 286 Å². The van der Waals surface area contributed by atoms with E-state index in [4.69, 9.17) is 22.7 Å². The Kier molecular flexibility index (Phi) is 9.77. The maximum Gasteiger partial charge on any atom is 0.278 e. The topological polar surface area (TPSA) is 191 Å². The molecule has 1 unspecified atom stereocenters. The van der Waals surface area contributed by atoms with Crippen molar-refractivity contribution in [1.82, 2.24) is 29.4 Å². The molecule has 1 aliphatic heterocycles. The van der Waals surface area contributed by atoms with E-state index < -0.39 is 11.8 Å². The van der Waals surface area contributed by atoms with Crippen LogP contribution in [0, 0.1) is 0 Å². The highest BCUT2D eigenvalue weighted by atomic mass is 35.5. The largest absolute Gasteiger partial charge is 1.00 e. The number of amidine groups is 1. The van der Waals surface area contributed by atoms with Crippen LogP contribution >= 0.6 is 11.6 Å². The second kappa shape index (κ2) is 13.8. The van der Waals surface area contributed by atoms with Crippen molar-refractivity contribution < 1.29 is 37.3 Å². The van der Waals surface area contributed by atoms with Crippen molar-refractivity contribution in [2.45, 2.75) is 18.9 Å². The van der Waals surface area contributed by atoms with Gasteiger partial charge in [-0.25, -0.2) is 0 Å². The summed E-state index contributed by atoms with van der Waals surface area (Å²) in [6.45, 7) is 1.00. The van der Waals surface area contributed by atoms with E-state index in [0.717, 1.165) is 16.5 Å². The quantitative estimate of drug-likeness (QED) is 0.0657. The summed E-state index contributed by atoms with van der Waals surface area (Å²) in [5, 5.41) is 31.7. The highest BCUT2D eigenvalue weighted by Crippen LogP contribution is 2.45. The number of carbonyl (C=O) groups excluding carboxylic acids is 3. The molecule has 7 N–H and O–H groups in total. The monoisotopic (exact) mass is 692 g/mol. The molecular formula is C32H34Cl2N10O4. The molecule has 250 valence electrons. The number of aromatic nitrogens is 5. The molecule has 48 heavy (non-hydrogen) atoms. The number of phenols is 1. The second-order valence-electron chi connectivity index (χ2n) is 11.4. The fourth-order valence-electron chi connectivity index (χ4n) is 5.91. The first-order valence-corrected chi connectivity index (χ1v) is 15.4. The van der Waals surface area contributed by atoms with Gasteiger partial charge < -0.3 is 37.6 Å². The minimum absolute atomic E-state index is 0. The van der Waals surface area contributed by atoms with E-state index in [1.54, 1.807) is 41.8 Å². The van der Waals surface area contributed by atoms with Gasteiger partial charge in [-0.3, -0.25) is 34.9 Å². The van der Waals surface area contributed by atoms with Crippen molar-refractivity contribution in [3.8, 4) is 5.75 Å². The van der Waals surface area contributed by atoms with Crippen molar-refractivity contribution in [3.63, 3.8) is 0 Å². The minimum Gasteiger partial charge on any atom is -1.00 e. The van der Waals surface area contributed by atoms with Gasteiger partial charge in [0.05, 0.1) is 30.5 Å².